The van der Waals surface area contributed by atoms with Gasteiger partial charge in [-0.05, 0) is 12.8 Å². The minimum absolute atomic E-state index is 0.126. The van der Waals surface area contributed by atoms with E-state index in [1.54, 1.807) is 11.0 Å². The van der Waals surface area contributed by atoms with Crippen LogP contribution in [-0.4, -0.2) is 20.7 Å². The van der Waals surface area contributed by atoms with E-state index in [0.717, 1.165) is 19.4 Å². The fourth-order valence-corrected chi connectivity index (χ4v) is 0.980. The topological polar surface area (TPSA) is 85.8 Å². The van der Waals surface area contributed by atoms with Crippen molar-refractivity contribution in [3.05, 3.63) is 12.7 Å². The standard InChI is InChI=1S/C7H13N5O/c8-11-7(13)3-1-2-4-12-6-9-5-10-12/h5-6H,1-4,8H2,(H,11,13). The highest BCUT2D eigenvalue weighted by atomic mass is 16.2. The molecule has 0 bridgehead atoms. The molecule has 0 saturated carbocycles. The fraction of sp³-hybridized carbons (Fsp3) is 0.571. The zero-order valence-electron chi connectivity index (χ0n) is 7.31. The van der Waals surface area contributed by atoms with Gasteiger partial charge in [0.25, 0.3) is 0 Å². The van der Waals surface area contributed by atoms with Crippen LogP contribution in [0.3, 0.4) is 0 Å². The Balaban J connectivity index is 2.05. The number of rotatable bonds is 5. The summed E-state index contributed by atoms with van der Waals surface area (Å²) in [5.74, 6) is 4.80. The van der Waals surface area contributed by atoms with Crippen LogP contribution in [0.5, 0.6) is 0 Å². The van der Waals surface area contributed by atoms with Gasteiger partial charge in [-0.15, -0.1) is 0 Å². The number of nitrogens with two attached hydrogens (primary N) is 1. The first-order valence-electron chi connectivity index (χ1n) is 4.15. The third kappa shape index (κ3) is 3.66. The Kier molecular flexibility index (Phi) is 3.90. The van der Waals surface area contributed by atoms with Crippen molar-refractivity contribution in [2.75, 3.05) is 0 Å². The molecule has 13 heavy (non-hydrogen) atoms. The molecule has 3 N–H and O–H groups in total. The number of hydrogen-bond acceptors (Lipinski definition) is 4. The van der Waals surface area contributed by atoms with E-state index >= 15 is 0 Å². The summed E-state index contributed by atoms with van der Waals surface area (Å²) in [6.07, 6.45) is 5.32. The van der Waals surface area contributed by atoms with Gasteiger partial charge < -0.3 is 0 Å². The number of hydrogen-bond donors (Lipinski definition) is 2. The molecule has 0 fully saturated rings. The predicted octanol–water partition coefficient (Wildman–Crippen LogP) is -0.562. The summed E-state index contributed by atoms with van der Waals surface area (Å²) in [4.78, 5) is 14.5. The normalized spacial score (nSPS) is 9.92. The van der Waals surface area contributed by atoms with E-state index < -0.39 is 0 Å². The molecule has 0 aromatic carbocycles. The SMILES string of the molecule is NNC(=O)CCCCn1cncn1. The minimum atomic E-state index is -0.126. The number of hydrazine groups is 1. The Morgan fingerprint density at radius 3 is 3.00 bits per heavy atom. The van der Waals surface area contributed by atoms with Crippen molar-refractivity contribution < 1.29 is 4.79 Å². The number of aryl methyl sites for hydroxylation is 1. The van der Waals surface area contributed by atoms with Crippen LogP contribution in [0.2, 0.25) is 0 Å². The van der Waals surface area contributed by atoms with E-state index in [4.69, 9.17) is 5.84 Å². The maximum Gasteiger partial charge on any atom is 0.233 e. The molecule has 6 nitrogen and oxygen atoms in total. The summed E-state index contributed by atoms with van der Waals surface area (Å²) in [6.45, 7) is 0.790. The molecule has 1 aromatic heterocycles. The summed E-state index contributed by atoms with van der Waals surface area (Å²) in [5.41, 5.74) is 2.08. The second-order valence-corrected chi connectivity index (χ2v) is 2.68. The predicted molar refractivity (Wildman–Crippen MR) is 46.2 cm³/mol. The van der Waals surface area contributed by atoms with Crippen LogP contribution < -0.4 is 11.3 Å². The summed E-state index contributed by atoms with van der Waals surface area (Å²) < 4.78 is 1.74. The molecule has 0 aliphatic heterocycles. The minimum Gasteiger partial charge on any atom is -0.294 e. The molecule has 1 amide bonds. The number of nitrogens with one attached hydrogen (secondary N) is 1. The Labute approximate surface area is 76.1 Å². The summed E-state index contributed by atoms with van der Waals surface area (Å²) in [6, 6.07) is 0. The quantitative estimate of drug-likeness (QED) is 0.277. The monoisotopic (exact) mass is 183 g/mol. The summed E-state index contributed by atoms with van der Waals surface area (Å²) >= 11 is 0. The van der Waals surface area contributed by atoms with Crippen molar-refractivity contribution >= 4 is 5.91 Å². The van der Waals surface area contributed by atoms with Gasteiger partial charge in [-0.1, -0.05) is 0 Å². The first-order valence-corrected chi connectivity index (χ1v) is 4.15. The molecule has 0 atom stereocenters. The smallest absolute Gasteiger partial charge is 0.233 e. The van der Waals surface area contributed by atoms with Gasteiger partial charge in [-0.2, -0.15) is 5.10 Å². The van der Waals surface area contributed by atoms with Crippen molar-refractivity contribution in [3.8, 4) is 0 Å². The number of nitrogens with zero attached hydrogens (tertiary/aromatic N) is 3. The lowest BCUT2D eigenvalue weighted by Crippen LogP contribution is -2.29. The second-order valence-electron chi connectivity index (χ2n) is 2.68. The van der Waals surface area contributed by atoms with E-state index in [9.17, 15) is 4.79 Å². The van der Waals surface area contributed by atoms with E-state index in [1.807, 2.05) is 0 Å². The van der Waals surface area contributed by atoms with Gasteiger partial charge >= 0.3 is 0 Å². The van der Waals surface area contributed by atoms with Gasteiger partial charge in [0.2, 0.25) is 5.91 Å². The maximum absolute atomic E-state index is 10.7. The molecule has 0 aliphatic rings. The lowest BCUT2D eigenvalue weighted by molar-refractivity contribution is -0.121. The molecule has 0 radical (unpaired) electrons. The van der Waals surface area contributed by atoms with Crippen LogP contribution in [0, 0.1) is 0 Å². The van der Waals surface area contributed by atoms with E-state index in [-0.39, 0.29) is 5.91 Å². The Bertz CT molecular complexity index is 245. The highest BCUT2D eigenvalue weighted by molar-refractivity contribution is 5.74. The zero-order chi connectivity index (χ0) is 9.52. The molecule has 0 aliphatic carbocycles. The largest absolute Gasteiger partial charge is 0.294 e. The Morgan fingerprint density at radius 1 is 1.54 bits per heavy atom. The van der Waals surface area contributed by atoms with Crippen LogP contribution in [-0.2, 0) is 11.3 Å². The second kappa shape index (κ2) is 5.26. The third-order valence-corrected chi connectivity index (χ3v) is 1.67. The van der Waals surface area contributed by atoms with E-state index in [1.165, 1.54) is 6.33 Å². The van der Waals surface area contributed by atoms with E-state index in [2.05, 4.69) is 15.5 Å². The molecule has 1 rings (SSSR count). The Morgan fingerprint density at radius 2 is 2.38 bits per heavy atom. The van der Waals surface area contributed by atoms with Gasteiger partial charge in [-0.3, -0.25) is 14.9 Å². The van der Waals surface area contributed by atoms with Gasteiger partial charge in [0.15, 0.2) is 0 Å². The van der Waals surface area contributed by atoms with Crippen molar-refractivity contribution in [1.29, 1.82) is 0 Å². The lowest BCUT2D eigenvalue weighted by Gasteiger charge is -2.00. The number of carbonyl (C=O) groups is 1. The first kappa shape index (κ1) is 9.66. The average Bonchev–Trinajstić information content (AvgIpc) is 2.64. The first-order chi connectivity index (χ1) is 6.33. The van der Waals surface area contributed by atoms with Crippen molar-refractivity contribution in [2.24, 2.45) is 5.84 Å². The molecule has 0 spiro atoms. The summed E-state index contributed by atoms with van der Waals surface area (Å²) in [7, 11) is 0. The number of amides is 1. The lowest BCUT2D eigenvalue weighted by atomic mass is 10.2. The Hall–Kier alpha value is -1.43. The van der Waals surface area contributed by atoms with Gasteiger partial charge in [0, 0.05) is 13.0 Å². The van der Waals surface area contributed by atoms with Crippen LogP contribution >= 0.6 is 0 Å². The number of aromatic nitrogens is 3. The molecule has 0 unspecified atom stereocenters. The fourth-order valence-electron chi connectivity index (χ4n) is 0.980. The molecular formula is C7H13N5O. The van der Waals surface area contributed by atoms with Crippen LogP contribution in [0.4, 0.5) is 0 Å². The number of carbonyl (C=O) groups excluding carboxylic acids is 1. The van der Waals surface area contributed by atoms with Gasteiger partial charge in [0.05, 0.1) is 0 Å². The molecule has 1 heterocycles. The van der Waals surface area contributed by atoms with Crippen molar-refractivity contribution in [2.45, 2.75) is 25.8 Å². The molecule has 6 heteroatoms. The number of unbranched alkanes of at least 4 members (excludes halogenated alkanes) is 1. The molecule has 72 valence electrons. The van der Waals surface area contributed by atoms with Gasteiger partial charge in [0.1, 0.15) is 12.7 Å². The van der Waals surface area contributed by atoms with Crippen LogP contribution in [0.15, 0.2) is 12.7 Å². The van der Waals surface area contributed by atoms with Crippen molar-refractivity contribution in [1.82, 2.24) is 20.2 Å². The highest BCUT2D eigenvalue weighted by Crippen LogP contribution is 1.96. The maximum atomic E-state index is 10.7. The van der Waals surface area contributed by atoms with E-state index in [0.29, 0.717) is 6.42 Å². The molecule has 0 saturated heterocycles. The van der Waals surface area contributed by atoms with Gasteiger partial charge in [-0.25, -0.2) is 10.8 Å². The van der Waals surface area contributed by atoms with Crippen molar-refractivity contribution in [3.63, 3.8) is 0 Å². The zero-order valence-corrected chi connectivity index (χ0v) is 7.31. The molecular weight excluding hydrogens is 170 g/mol. The highest BCUT2D eigenvalue weighted by Gasteiger charge is 1.97. The third-order valence-electron chi connectivity index (χ3n) is 1.67. The van der Waals surface area contributed by atoms with Crippen LogP contribution in [0.1, 0.15) is 19.3 Å². The van der Waals surface area contributed by atoms with Crippen LogP contribution in [0.25, 0.3) is 0 Å². The molecule has 1 aromatic rings. The average molecular weight is 183 g/mol. The summed E-state index contributed by atoms with van der Waals surface area (Å²) in [5, 5.41) is 3.93.